The molecule has 5 heteroatoms. The molecule has 0 fully saturated rings. The molecule has 0 bridgehead atoms. The summed E-state index contributed by atoms with van der Waals surface area (Å²) in [4.78, 5) is 1.15. The first-order valence-corrected chi connectivity index (χ1v) is 7.32. The normalized spacial score (nSPS) is 10.4. The minimum absolute atomic E-state index is 0.564. The van der Waals surface area contributed by atoms with Crippen molar-refractivity contribution < 1.29 is 0 Å². The van der Waals surface area contributed by atoms with Gasteiger partial charge in [-0.15, -0.1) is 11.3 Å². The predicted molar refractivity (Wildman–Crippen MR) is 82.1 cm³/mol. The summed E-state index contributed by atoms with van der Waals surface area (Å²) < 4.78 is 0. The number of nitriles is 1. The molecule has 1 aromatic carbocycles. The van der Waals surface area contributed by atoms with Gasteiger partial charge in [0.2, 0.25) is 0 Å². The van der Waals surface area contributed by atoms with Crippen LogP contribution < -0.4 is 5.73 Å². The van der Waals surface area contributed by atoms with Gasteiger partial charge >= 0.3 is 0 Å². The van der Waals surface area contributed by atoms with Crippen molar-refractivity contribution in [1.29, 1.82) is 5.26 Å². The molecule has 0 spiro atoms. The zero-order valence-electron chi connectivity index (χ0n) is 10.3. The molecule has 2 nitrogen and oxygen atoms in total. The standard InChI is InChI=1S/C14H12Cl2N2S/c1-8-10(7-17)14(18)19-13(8)5-3-9-2-4-11(15)12(16)6-9/h2,4,6H,3,5,18H2,1H3. The van der Waals surface area contributed by atoms with E-state index in [9.17, 15) is 0 Å². The monoisotopic (exact) mass is 310 g/mol. The fraction of sp³-hybridized carbons (Fsp3) is 0.214. The van der Waals surface area contributed by atoms with Crippen molar-refractivity contribution in [2.45, 2.75) is 19.8 Å². The van der Waals surface area contributed by atoms with Crippen LogP contribution >= 0.6 is 34.5 Å². The van der Waals surface area contributed by atoms with Gasteiger partial charge in [0.15, 0.2) is 0 Å². The van der Waals surface area contributed by atoms with Crippen LogP contribution in [-0.4, -0.2) is 0 Å². The highest BCUT2D eigenvalue weighted by Crippen LogP contribution is 2.31. The lowest BCUT2D eigenvalue weighted by Gasteiger charge is -2.03. The number of benzene rings is 1. The predicted octanol–water partition coefficient (Wildman–Crippen LogP) is 4.60. The number of halogens is 2. The van der Waals surface area contributed by atoms with E-state index in [0.717, 1.165) is 28.8 Å². The molecule has 2 rings (SSSR count). The number of hydrogen-bond acceptors (Lipinski definition) is 3. The highest BCUT2D eigenvalue weighted by Gasteiger charge is 2.12. The lowest BCUT2D eigenvalue weighted by atomic mass is 10.1. The number of rotatable bonds is 3. The summed E-state index contributed by atoms with van der Waals surface area (Å²) in [6.07, 6.45) is 1.70. The molecule has 2 aromatic rings. The van der Waals surface area contributed by atoms with Crippen molar-refractivity contribution >= 4 is 39.5 Å². The highest BCUT2D eigenvalue weighted by molar-refractivity contribution is 7.16. The van der Waals surface area contributed by atoms with E-state index in [1.165, 1.54) is 11.3 Å². The summed E-state index contributed by atoms with van der Waals surface area (Å²) in [5, 5.41) is 10.7. The van der Waals surface area contributed by atoms with Gasteiger partial charge in [-0.2, -0.15) is 5.26 Å². The fourth-order valence-corrected chi connectivity index (χ4v) is 3.26. The second-order valence-corrected chi connectivity index (χ2v) is 6.20. The Bertz CT molecular complexity index is 656. The van der Waals surface area contributed by atoms with Crippen molar-refractivity contribution in [1.82, 2.24) is 0 Å². The van der Waals surface area contributed by atoms with Crippen LogP contribution in [0.3, 0.4) is 0 Å². The maximum atomic E-state index is 9.01. The molecule has 0 amide bonds. The van der Waals surface area contributed by atoms with Gasteiger partial charge in [0.05, 0.1) is 15.6 Å². The number of aryl methyl sites for hydroxylation is 2. The van der Waals surface area contributed by atoms with Gasteiger partial charge < -0.3 is 5.73 Å². The van der Waals surface area contributed by atoms with E-state index in [0.29, 0.717) is 20.6 Å². The average molecular weight is 311 g/mol. The van der Waals surface area contributed by atoms with Gasteiger partial charge in [-0.1, -0.05) is 29.3 Å². The van der Waals surface area contributed by atoms with Gasteiger partial charge in [0.25, 0.3) is 0 Å². The lowest BCUT2D eigenvalue weighted by Crippen LogP contribution is -1.91. The first kappa shape index (κ1) is 14.2. The van der Waals surface area contributed by atoms with Gasteiger partial charge in [-0.3, -0.25) is 0 Å². The van der Waals surface area contributed by atoms with Crippen LogP contribution in [-0.2, 0) is 12.8 Å². The summed E-state index contributed by atoms with van der Waals surface area (Å²) in [5.41, 5.74) is 8.54. The van der Waals surface area contributed by atoms with Crippen molar-refractivity contribution in [3.63, 3.8) is 0 Å². The molecular formula is C14H12Cl2N2S. The number of thiophene rings is 1. The Labute approximate surface area is 126 Å². The molecule has 0 radical (unpaired) electrons. The molecule has 2 N–H and O–H groups in total. The maximum Gasteiger partial charge on any atom is 0.104 e. The molecule has 0 aliphatic rings. The number of anilines is 1. The number of hydrogen-bond donors (Lipinski definition) is 1. The first-order chi connectivity index (χ1) is 9.02. The van der Waals surface area contributed by atoms with Crippen LogP contribution in [0.25, 0.3) is 0 Å². The minimum Gasteiger partial charge on any atom is -0.389 e. The Kier molecular flexibility index (Phi) is 4.36. The lowest BCUT2D eigenvalue weighted by molar-refractivity contribution is 0.971. The summed E-state index contributed by atoms with van der Waals surface area (Å²) in [5.74, 6) is 0. The third-order valence-corrected chi connectivity index (χ3v) is 4.93. The average Bonchev–Trinajstić information content (AvgIpc) is 2.65. The molecule has 0 aliphatic carbocycles. The third-order valence-electron chi connectivity index (χ3n) is 3.01. The van der Waals surface area contributed by atoms with Crippen molar-refractivity contribution in [3.8, 4) is 6.07 Å². The Morgan fingerprint density at radius 3 is 2.58 bits per heavy atom. The van der Waals surface area contributed by atoms with Crippen molar-refractivity contribution in [2.75, 3.05) is 5.73 Å². The topological polar surface area (TPSA) is 49.8 Å². The zero-order chi connectivity index (χ0) is 14.0. The number of nitrogens with zero attached hydrogens (tertiary/aromatic N) is 1. The van der Waals surface area contributed by atoms with Crippen LogP contribution in [0.5, 0.6) is 0 Å². The SMILES string of the molecule is Cc1c(CCc2ccc(Cl)c(Cl)c2)sc(N)c1C#N. The second-order valence-electron chi connectivity index (χ2n) is 4.25. The molecule has 0 saturated carbocycles. The van der Waals surface area contributed by atoms with E-state index in [4.69, 9.17) is 34.2 Å². The van der Waals surface area contributed by atoms with Crippen LogP contribution in [0.15, 0.2) is 18.2 Å². The second kappa shape index (κ2) is 5.83. The third kappa shape index (κ3) is 3.03. The van der Waals surface area contributed by atoms with E-state index < -0.39 is 0 Å². The minimum atomic E-state index is 0.564. The molecule has 98 valence electrons. The van der Waals surface area contributed by atoms with Crippen LogP contribution in [0.2, 0.25) is 10.0 Å². The Morgan fingerprint density at radius 1 is 1.26 bits per heavy atom. The smallest absolute Gasteiger partial charge is 0.104 e. The van der Waals surface area contributed by atoms with Gasteiger partial charge in [-0.05, 0) is 43.0 Å². The van der Waals surface area contributed by atoms with Crippen molar-refractivity contribution in [2.24, 2.45) is 0 Å². The quantitative estimate of drug-likeness (QED) is 0.900. The fourth-order valence-electron chi connectivity index (χ4n) is 1.92. The van der Waals surface area contributed by atoms with Gasteiger partial charge in [0.1, 0.15) is 11.1 Å². The largest absolute Gasteiger partial charge is 0.389 e. The maximum absolute atomic E-state index is 9.01. The Balaban J connectivity index is 2.15. The molecule has 1 heterocycles. The number of nitrogen functional groups attached to an aromatic ring is 1. The molecule has 0 aliphatic heterocycles. The van der Waals surface area contributed by atoms with Crippen LogP contribution in [0.1, 0.15) is 21.6 Å². The molecule has 19 heavy (non-hydrogen) atoms. The van der Waals surface area contributed by atoms with E-state index in [-0.39, 0.29) is 0 Å². The summed E-state index contributed by atoms with van der Waals surface area (Å²) in [7, 11) is 0. The van der Waals surface area contributed by atoms with E-state index in [1.807, 2.05) is 19.1 Å². The Hall–Kier alpha value is -1.21. The summed E-state index contributed by atoms with van der Waals surface area (Å²) in [6.45, 7) is 1.94. The molecule has 1 aromatic heterocycles. The molecule has 0 unspecified atom stereocenters. The summed E-state index contributed by atoms with van der Waals surface area (Å²) in [6, 6.07) is 7.79. The van der Waals surface area contributed by atoms with Gasteiger partial charge in [-0.25, -0.2) is 0 Å². The molecular weight excluding hydrogens is 299 g/mol. The Morgan fingerprint density at radius 2 is 2.00 bits per heavy atom. The summed E-state index contributed by atoms with van der Waals surface area (Å²) >= 11 is 13.4. The van der Waals surface area contributed by atoms with E-state index in [1.54, 1.807) is 6.07 Å². The van der Waals surface area contributed by atoms with Crippen LogP contribution in [0, 0.1) is 18.3 Å². The zero-order valence-corrected chi connectivity index (χ0v) is 12.7. The molecule has 0 atom stereocenters. The van der Waals surface area contributed by atoms with Crippen molar-refractivity contribution in [3.05, 3.63) is 49.8 Å². The highest BCUT2D eigenvalue weighted by atomic mass is 35.5. The van der Waals surface area contributed by atoms with Crippen LogP contribution in [0.4, 0.5) is 5.00 Å². The van der Waals surface area contributed by atoms with Gasteiger partial charge in [0, 0.05) is 4.88 Å². The van der Waals surface area contributed by atoms with E-state index >= 15 is 0 Å². The van der Waals surface area contributed by atoms with E-state index in [2.05, 4.69) is 6.07 Å². The first-order valence-electron chi connectivity index (χ1n) is 5.74. The number of nitrogens with two attached hydrogens (primary N) is 1. The molecule has 0 saturated heterocycles.